The van der Waals surface area contributed by atoms with Crippen LogP contribution in [-0.4, -0.2) is 40.2 Å². The molecule has 1 amide bonds. The Bertz CT molecular complexity index is 659. The first-order valence-electron chi connectivity index (χ1n) is 9.32. The Morgan fingerprint density at radius 3 is 2.64 bits per heavy atom. The minimum absolute atomic E-state index is 0.0871. The van der Waals surface area contributed by atoms with Crippen molar-refractivity contribution < 1.29 is 4.79 Å². The van der Waals surface area contributed by atoms with Gasteiger partial charge in [0.1, 0.15) is 0 Å². The monoisotopic (exact) mass is 340 g/mol. The zero-order valence-corrected chi connectivity index (χ0v) is 15.0. The molecule has 2 heterocycles. The molecule has 0 aliphatic carbocycles. The van der Waals surface area contributed by atoms with Crippen LogP contribution in [0.25, 0.3) is 0 Å². The maximum absolute atomic E-state index is 12.2. The zero-order valence-electron chi connectivity index (χ0n) is 15.0. The summed E-state index contributed by atoms with van der Waals surface area (Å²) in [7, 11) is 0. The first kappa shape index (κ1) is 17.7. The second kappa shape index (κ2) is 8.81. The lowest BCUT2D eigenvalue weighted by Crippen LogP contribution is -2.36. The molecule has 1 saturated heterocycles. The Hall–Kier alpha value is -2.14. The number of benzene rings is 1. The van der Waals surface area contributed by atoms with E-state index in [1.165, 1.54) is 5.56 Å². The molecule has 1 fully saturated rings. The number of rotatable bonds is 7. The van der Waals surface area contributed by atoms with Gasteiger partial charge in [0.25, 0.3) is 0 Å². The van der Waals surface area contributed by atoms with Gasteiger partial charge in [0.15, 0.2) is 5.82 Å². The number of nitrogens with zero attached hydrogens (tertiary/aromatic N) is 3. The van der Waals surface area contributed by atoms with Crippen LogP contribution < -0.4 is 5.32 Å². The van der Waals surface area contributed by atoms with Crippen LogP contribution >= 0.6 is 0 Å². The molecule has 5 nitrogen and oxygen atoms in total. The molecular formula is C20H28N4O. The third-order valence-electron chi connectivity index (χ3n) is 4.97. The number of aryl methyl sites for hydroxylation is 1. The maximum atomic E-state index is 12.2. The lowest BCUT2D eigenvalue weighted by atomic mass is 9.93. The summed E-state index contributed by atoms with van der Waals surface area (Å²) in [4.78, 5) is 14.7. The van der Waals surface area contributed by atoms with Gasteiger partial charge >= 0.3 is 0 Å². The van der Waals surface area contributed by atoms with E-state index in [1.807, 2.05) is 23.9 Å². The Labute approximate surface area is 150 Å². The average Bonchev–Trinajstić information content (AvgIpc) is 3.09. The Morgan fingerprint density at radius 2 is 1.96 bits per heavy atom. The van der Waals surface area contributed by atoms with E-state index in [4.69, 9.17) is 0 Å². The minimum Gasteiger partial charge on any atom is -0.309 e. The highest BCUT2D eigenvalue weighted by Gasteiger charge is 2.21. The van der Waals surface area contributed by atoms with Gasteiger partial charge < -0.3 is 10.2 Å². The fourth-order valence-corrected chi connectivity index (χ4v) is 3.41. The smallest absolute Gasteiger partial charge is 0.225 e. The summed E-state index contributed by atoms with van der Waals surface area (Å²) in [6.45, 7) is 6.14. The molecule has 1 aliphatic heterocycles. The third kappa shape index (κ3) is 5.43. The van der Waals surface area contributed by atoms with E-state index < -0.39 is 0 Å². The summed E-state index contributed by atoms with van der Waals surface area (Å²) in [5.41, 5.74) is 1.40. The lowest BCUT2D eigenvalue weighted by molar-refractivity contribution is -0.117. The molecule has 0 bridgehead atoms. The third-order valence-corrected chi connectivity index (χ3v) is 4.97. The number of amides is 1. The first-order valence-corrected chi connectivity index (χ1v) is 9.32. The van der Waals surface area contributed by atoms with Crippen LogP contribution in [-0.2, 0) is 17.8 Å². The number of carbonyl (C=O) groups excluding carboxylic acids is 1. The highest BCUT2D eigenvalue weighted by molar-refractivity contribution is 5.89. The van der Waals surface area contributed by atoms with Crippen LogP contribution in [0.2, 0.25) is 0 Å². The number of anilines is 1. The zero-order chi connectivity index (χ0) is 17.5. The number of carbonyl (C=O) groups is 1. The van der Waals surface area contributed by atoms with Gasteiger partial charge in [0, 0.05) is 31.8 Å². The number of aromatic nitrogens is 2. The van der Waals surface area contributed by atoms with E-state index >= 15 is 0 Å². The fourth-order valence-electron chi connectivity index (χ4n) is 3.41. The number of piperidine rings is 1. The van der Waals surface area contributed by atoms with E-state index in [2.05, 4.69) is 45.6 Å². The molecule has 0 saturated carbocycles. The average molecular weight is 340 g/mol. The molecule has 5 heteroatoms. The summed E-state index contributed by atoms with van der Waals surface area (Å²) in [5.74, 6) is 1.23. The molecule has 1 aromatic carbocycles. The molecular weight excluding hydrogens is 312 g/mol. The van der Waals surface area contributed by atoms with Crippen LogP contribution in [0.5, 0.6) is 0 Å². The molecule has 2 aromatic rings. The van der Waals surface area contributed by atoms with E-state index in [0.29, 0.717) is 18.2 Å². The predicted octanol–water partition coefficient (Wildman–Crippen LogP) is 3.19. The molecule has 0 spiro atoms. The second-order valence-electron chi connectivity index (χ2n) is 6.83. The van der Waals surface area contributed by atoms with E-state index in [1.54, 1.807) is 0 Å². The molecule has 134 valence electrons. The van der Waals surface area contributed by atoms with E-state index in [0.717, 1.165) is 45.4 Å². The lowest BCUT2D eigenvalue weighted by Gasteiger charge is -2.31. The van der Waals surface area contributed by atoms with Crippen molar-refractivity contribution in [2.75, 3.05) is 25.0 Å². The van der Waals surface area contributed by atoms with Gasteiger partial charge in [-0.25, -0.2) is 0 Å². The van der Waals surface area contributed by atoms with Gasteiger partial charge in [0.05, 0.1) is 0 Å². The summed E-state index contributed by atoms with van der Waals surface area (Å²) in [6, 6.07) is 12.5. The largest absolute Gasteiger partial charge is 0.309 e. The van der Waals surface area contributed by atoms with Crippen molar-refractivity contribution in [3.63, 3.8) is 0 Å². The number of hydrogen-bond acceptors (Lipinski definition) is 3. The van der Waals surface area contributed by atoms with Crippen LogP contribution in [0.3, 0.4) is 0 Å². The summed E-state index contributed by atoms with van der Waals surface area (Å²) < 4.78 is 1.82. The van der Waals surface area contributed by atoms with Crippen molar-refractivity contribution in [3.05, 3.63) is 48.2 Å². The van der Waals surface area contributed by atoms with Crippen LogP contribution in [0.1, 0.15) is 31.7 Å². The fraction of sp³-hybridized carbons (Fsp3) is 0.500. The van der Waals surface area contributed by atoms with Gasteiger partial charge in [-0.3, -0.25) is 9.48 Å². The molecule has 0 unspecified atom stereocenters. The Kier molecular flexibility index (Phi) is 6.23. The van der Waals surface area contributed by atoms with Gasteiger partial charge in [-0.1, -0.05) is 30.3 Å². The van der Waals surface area contributed by atoms with Gasteiger partial charge in [-0.05, 0) is 50.8 Å². The van der Waals surface area contributed by atoms with Crippen molar-refractivity contribution in [1.29, 1.82) is 0 Å². The summed E-state index contributed by atoms with van der Waals surface area (Å²) >= 11 is 0. The van der Waals surface area contributed by atoms with Crippen molar-refractivity contribution in [1.82, 2.24) is 14.7 Å². The minimum atomic E-state index is 0.0871. The molecule has 1 aromatic heterocycles. The number of hydrogen-bond donors (Lipinski definition) is 1. The Morgan fingerprint density at radius 1 is 1.20 bits per heavy atom. The maximum Gasteiger partial charge on any atom is 0.225 e. The van der Waals surface area contributed by atoms with Crippen LogP contribution in [0.15, 0.2) is 42.6 Å². The topological polar surface area (TPSA) is 50.2 Å². The summed E-state index contributed by atoms with van der Waals surface area (Å²) in [5, 5.41) is 7.22. The van der Waals surface area contributed by atoms with Gasteiger partial charge in [0.2, 0.25) is 5.91 Å². The van der Waals surface area contributed by atoms with E-state index in [9.17, 15) is 4.79 Å². The molecule has 0 atom stereocenters. The highest BCUT2D eigenvalue weighted by atomic mass is 16.1. The molecule has 1 aliphatic rings. The number of nitrogens with one attached hydrogen (secondary N) is 1. The van der Waals surface area contributed by atoms with Crippen molar-refractivity contribution in [2.24, 2.45) is 5.92 Å². The van der Waals surface area contributed by atoms with Crippen LogP contribution in [0.4, 0.5) is 5.82 Å². The van der Waals surface area contributed by atoms with Gasteiger partial charge in [-0.15, -0.1) is 0 Å². The molecule has 0 radical (unpaired) electrons. The summed E-state index contributed by atoms with van der Waals surface area (Å²) in [6.07, 6.45) is 5.80. The second-order valence-corrected chi connectivity index (χ2v) is 6.83. The van der Waals surface area contributed by atoms with Crippen molar-refractivity contribution in [2.45, 2.75) is 39.2 Å². The first-order chi connectivity index (χ1) is 12.2. The standard InChI is InChI=1S/C20H28N4O/c1-2-24-15-11-19(22-24)21-20(25)16-18-9-13-23(14-10-18)12-8-17-6-4-3-5-7-17/h3-7,11,15,18H,2,8-10,12-14,16H2,1H3,(H,21,22,25). The van der Waals surface area contributed by atoms with Gasteiger partial charge in [-0.2, -0.15) is 5.10 Å². The highest BCUT2D eigenvalue weighted by Crippen LogP contribution is 2.21. The van der Waals surface area contributed by atoms with Crippen molar-refractivity contribution in [3.8, 4) is 0 Å². The molecule has 3 rings (SSSR count). The predicted molar refractivity (Wildman–Crippen MR) is 100 cm³/mol. The normalized spacial score (nSPS) is 16.0. The van der Waals surface area contributed by atoms with Crippen molar-refractivity contribution >= 4 is 11.7 Å². The molecule has 25 heavy (non-hydrogen) atoms. The Balaban J connectivity index is 1.36. The number of likely N-dealkylation sites (tertiary alicyclic amines) is 1. The van der Waals surface area contributed by atoms with Crippen LogP contribution in [0, 0.1) is 5.92 Å². The SMILES string of the molecule is CCn1ccc(NC(=O)CC2CCN(CCc3ccccc3)CC2)n1. The van der Waals surface area contributed by atoms with E-state index in [-0.39, 0.29) is 5.91 Å². The quantitative estimate of drug-likeness (QED) is 0.842. The molecule has 1 N–H and O–H groups in total.